The van der Waals surface area contributed by atoms with Gasteiger partial charge in [0.2, 0.25) is 0 Å². The lowest BCUT2D eigenvalue weighted by molar-refractivity contribution is 0.251. The highest BCUT2D eigenvalue weighted by atomic mass is 16.3. The van der Waals surface area contributed by atoms with Crippen molar-refractivity contribution in [3.05, 3.63) is 0 Å². The van der Waals surface area contributed by atoms with Crippen molar-refractivity contribution in [3.63, 3.8) is 0 Å². The number of hydrogen-bond acceptors (Lipinski definition) is 2. The van der Waals surface area contributed by atoms with Crippen molar-refractivity contribution in [3.8, 4) is 0 Å². The van der Waals surface area contributed by atoms with Gasteiger partial charge in [-0.2, -0.15) is 0 Å². The summed E-state index contributed by atoms with van der Waals surface area (Å²) in [5.41, 5.74) is 0. The Kier molecular flexibility index (Phi) is 9.42. The second kappa shape index (κ2) is 9.47. The normalized spacial score (nSPS) is 13.5. The lowest BCUT2D eigenvalue weighted by atomic mass is 10.0. The lowest BCUT2D eigenvalue weighted by Gasteiger charge is -2.14. The Morgan fingerprint density at radius 3 is 2.43 bits per heavy atom. The van der Waals surface area contributed by atoms with Gasteiger partial charge in [-0.1, -0.05) is 27.2 Å². The van der Waals surface area contributed by atoms with Crippen LogP contribution in [0, 0.1) is 11.8 Å². The number of hydrogen-bond donors (Lipinski definition) is 2. The van der Waals surface area contributed by atoms with Gasteiger partial charge in [0, 0.05) is 6.61 Å². The Hall–Kier alpha value is -0.0800. The molecule has 0 aliphatic rings. The first-order chi connectivity index (χ1) is 6.70. The third-order valence-electron chi connectivity index (χ3n) is 2.68. The van der Waals surface area contributed by atoms with E-state index in [4.69, 9.17) is 5.11 Å². The summed E-state index contributed by atoms with van der Waals surface area (Å²) < 4.78 is 0. The highest BCUT2D eigenvalue weighted by Gasteiger charge is 2.04. The third-order valence-corrected chi connectivity index (χ3v) is 2.68. The summed E-state index contributed by atoms with van der Waals surface area (Å²) in [7, 11) is 0. The van der Waals surface area contributed by atoms with Gasteiger partial charge < -0.3 is 10.4 Å². The fourth-order valence-corrected chi connectivity index (χ4v) is 1.57. The van der Waals surface area contributed by atoms with Gasteiger partial charge in [-0.3, -0.25) is 0 Å². The van der Waals surface area contributed by atoms with Crippen molar-refractivity contribution >= 4 is 0 Å². The standard InChI is InChI=1S/C12H27NO/c1-4-12(7-9-14)10-13-8-5-6-11(2)3/h11-14H,4-10H2,1-3H3. The highest BCUT2D eigenvalue weighted by Crippen LogP contribution is 2.06. The van der Waals surface area contributed by atoms with Crippen molar-refractivity contribution in [1.82, 2.24) is 5.32 Å². The Balaban J connectivity index is 3.24. The Morgan fingerprint density at radius 2 is 1.93 bits per heavy atom. The highest BCUT2D eigenvalue weighted by molar-refractivity contribution is 4.60. The van der Waals surface area contributed by atoms with Gasteiger partial charge >= 0.3 is 0 Å². The summed E-state index contributed by atoms with van der Waals surface area (Å²) in [6.45, 7) is 9.23. The lowest BCUT2D eigenvalue weighted by Crippen LogP contribution is -2.24. The van der Waals surface area contributed by atoms with Crippen LogP contribution in [-0.4, -0.2) is 24.8 Å². The molecule has 2 heteroatoms. The second-order valence-corrected chi connectivity index (χ2v) is 4.53. The van der Waals surface area contributed by atoms with Crippen LogP contribution >= 0.6 is 0 Å². The molecule has 1 atom stereocenters. The van der Waals surface area contributed by atoms with Crippen molar-refractivity contribution in [2.75, 3.05) is 19.7 Å². The minimum Gasteiger partial charge on any atom is -0.396 e. The maximum absolute atomic E-state index is 8.82. The minimum absolute atomic E-state index is 0.326. The van der Waals surface area contributed by atoms with E-state index in [1.807, 2.05) is 0 Å². The summed E-state index contributed by atoms with van der Waals surface area (Å²) in [5.74, 6) is 1.47. The zero-order valence-corrected chi connectivity index (χ0v) is 10.1. The topological polar surface area (TPSA) is 32.3 Å². The van der Waals surface area contributed by atoms with Crippen LogP contribution in [0.5, 0.6) is 0 Å². The van der Waals surface area contributed by atoms with Gasteiger partial charge in [-0.25, -0.2) is 0 Å². The predicted molar refractivity (Wildman–Crippen MR) is 62.4 cm³/mol. The average Bonchev–Trinajstić information content (AvgIpc) is 2.15. The van der Waals surface area contributed by atoms with Gasteiger partial charge in [0.25, 0.3) is 0 Å². The van der Waals surface area contributed by atoms with Crippen molar-refractivity contribution in [2.45, 2.75) is 46.5 Å². The zero-order chi connectivity index (χ0) is 10.8. The van der Waals surface area contributed by atoms with Crippen LogP contribution in [0.2, 0.25) is 0 Å². The van der Waals surface area contributed by atoms with Crippen LogP contribution < -0.4 is 5.32 Å². The molecule has 0 heterocycles. The van der Waals surface area contributed by atoms with Gasteiger partial charge in [0.05, 0.1) is 0 Å². The summed E-state index contributed by atoms with van der Waals surface area (Å²) in [6, 6.07) is 0. The largest absolute Gasteiger partial charge is 0.396 e. The maximum atomic E-state index is 8.82. The van der Waals surface area contributed by atoms with Crippen molar-refractivity contribution in [1.29, 1.82) is 0 Å². The van der Waals surface area contributed by atoms with Crippen LogP contribution in [0.3, 0.4) is 0 Å². The molecule has 0 aliphatic carbocycles. The van der Waals surface area contributed by atoms with Gasteiger partial charge in [0.15, 0.2) is 0 Å². The van der Waals surface area contributed by atoms with Crippen LogP contribution in [0.25, 0.3) is 0 Å². The molecule has 0 rings (SSSR count). The molecular weight excluding hydrogens is 174 g/mol. The first kappa shape index (κ1) is 13.9. The molecule has 2 N–H and O–H groups in total. The Morgan fingerprint density at radius 1 is 1.21 bits per heavy atom. The molecule has 0 radical (unpaired) electrons. The molecule has 0 amide bonds. The fourth-order valence-electron chi connectivity index (χ4n) is 1.57. The van der Waals surface area contributed by atoms with E-state index in [0.29, 0.717) is 12.5 Å². The molecule has 14 heavy (non-hydrogen) atoms. The SMILES string of the molecule is CCC(CCO)CNCCCC(C)C. The summed E-state index contributed by atoms with van der Waals surface area (Å²) in [4.78, 5) is 0. The molecular formula is C12H27NO. The van der Waals surface area contributed by atoms with E-state index in [0.717, 1.165) is 31.8 Å². The van der Waals surface area contributed by atoms with Gasteiger partial charge in [-0.15, -0.1) is 0 Å². The van der Waals surface area contributed by atoms with E-state index in [9.17, 15) is 0 Å². The monoisotopic (exact) mass is 201 g/mol. The van der Waals surface area contributed by atoms with Crippen LogP contribution in [0.4, 0.5) is 0 Å². The minimum atomic E-state index is 0.326. The zero-order valence-electron chi connectivity index (χ0n) is 10.1. The van der Waals surface area contributed by atoms with Gasteiger partial charge in [0.1, 0.15) is 0 Å². The van der Waals surface area contributed by atoms with Crippen LogP contribution in [0.15, 0.2) is 0 Å². The number of nitrogens with one attached hydrogen (secondary N) is 1. The number of aliphatic hydroxyl groups is 1. The average molecular weight is 201 g/mol. The Labute approximate surface area is 89.1 Å². The third kappa shape index (κ3) is 8.52. The molecule has 86 valence electrons. The fraction of sp³-hybridized carbons (Fsp3) is 1.00. The quantitative estimate of drug-likeness (QED) is 0.562. The molecule has 0 aromatic rings. The molecule has 0 aromatic carbocycles. The van der Waals surface area contributed by atoms with E-state index in [1.165, 1.54) is 12.8 Å². The van der Waals surface area contributed by atoms with Crippen molar-refractivity contribution < 1.29 is 5.11 Å². The molecule has 0 aliphatic heterocycles. The number of aliphatic hydroxyl groups excluding tert-OH is 1. The number of rotatable bonds is 9. The van der Waals surface area contributed by atoms with Crippen LogP contribution in [0.1, 0.15) is 46.5 Å². The molecule has 1 unspecified atom stereocenters. The summed E-state index contributed by atoms with van der Waals surface area (Å²) in [5, 5.41) is 12.3. The molecule has 0 saturated heterocycles. The molecule has 0 saturated carbocycles. The Bertz CT molecular complexity index is 115. The first-order valence-electron chi connectivity index (χ1n) is 6.02. The van der Waals surface area contributed by atoms with Crippen molar-refractivity contribution in [2.24, 2.45) is 11.8 Å². The van der Waals surface area contributed by atoms with Crippen LogP contribution in [-0.2, 0) is 0 Å². The molecule has 0 fully saturated rings. The summed E-state index contributed by atoms with van der Waals surface area (Å²) in [6.07, 6.45) is 4.68. The first-order valence-corrected chi connectivity index (χ1v) is 6.02. The van der Waals surface area contributed by atoms with E-state index >= 15 is 0 Å². The smallest absolute Gasteiger partial charge is 0.0434 e. The maximum Gasteiger partial charge on any atom is 0.0434 e. The molecule has 0 spiro atoms. The second-order valence-electron chi connectivity index (χ2n) is 4.53. The predicted octanol–water partition coefficient (Wildman–Crippen LogP) is 2.42. The van der Waals surface area contributed by atoms with E-state index < -0.39 is 0 Å². The van der Waals surface area contributed by atoms with E-state index in [2.05, 4.69) is 26.1 Å². The molecule has 0 aromatic heterocycles. The molecule has 0 bridgehead atoms. The van der Waals surface area contributed by atoms with E-state index in [-0.39, 0.29) is 0 Å². The van der Waals surface area contributed by atoms with Gasteiger partial charge in [-0.05, 0) is 44.2 Å². The summed E-state index contributed by atoms with van der Waals surface area (Å²) >= 11 is 0. The molecule has 2 nitrogen and oxygen atoms in total. The van der Waals surface area contributed by atoms with E-state index in [1.54, 1.807) is 0 Å².